The number of aromatic nitrogens is 2. The Morgan fingerprint density at radius 1 is 1.12 bits per heavy atom. The molecule has 6 nitrogen and oxygen atoms in total. The van der Waals surface area contributed by atoms with Gasteiger partial charge in [0.1, 0.15) is 0 Å². The summed E-state index contributed by atoms with van der Waals surface area (Å²) in [7, 11) is 0. The van der Waals surface area contributed by atoms with Crippen molar-refractivity contribution in [3.63, 3.8) is 0 Å². The first-order valence-electron chi connectivity index (χ1n) is 10.5. The van der Waals surface area contributed by atoms with Crippen LogP contribution in [0.3, 0.4) is 0 Å². The van der Waals surface area contributed by atoms with Crippen molar-refractivity contribution in [2.75, 3.05) is 11.4 Å². The molecule has 0 saturated carbocycles. The molecule has 3 aromatic rings. The normalized spacial score (nSPS) is 12.2. The Morgan fingerprint density at radius 2 is 1.78 bits per heavy atom. The minimum atomic E-state index is -0.452. The molecule has 0 saturated heterocycles. The van der Waals surface area contributed by atoms with E-state index in [4.69, 9.17) is 9.68 Å². The third-order valence-electron chi connectivity index (χ3n) is 5.09. The number of anilines is 1. The van der Waals surface area contributed by atoms with E-state index in [-0.39, 0.29) is 17.7 Å². The standard InChI is InChI=1S/C25H28N4O2S/c1-17-7-13-21(14-8-17)29(16-6-15-26)23(30)18(2)32-24-28-27-22(31-24)19-9-11-20(12-10-19)25(3,4)5/h7-14,18H,6,16H2,1-5H3. The highest BCUT2D eigenvalue weighted by molar-refractivity contribution is 8.00. The molecule has 7 heteroatoms. The maximum absolute atomic E-state index is 13.2. The van der Waals surface area contributed by atoms with Crippen molar-refractivity contribution >= 4 is 23.4 Å². The van der Waals surface area contributed by atoms with Crippen molar-refractivity contribution in [3.8, 4) is 17.5 Å². The summed E-state index contributed by atoms with van der Waals surface area (Å²) in [6, 6.07) is 17.9. The van der Waals surface area contributed by atoms with Crippen LogP contribution < -0.4 is 4.90 Å². The number of nitrogens with zero attached hydrogens (tertiary/aromatic N) is 4. The highest BCUT2D eigenvalue weighted by atomic mass is 32.2. The van der Waals surface area contributed by atoms with Gasteiger partial charge in [0, 0.05) is 17.8 Å². The minimum Gasteiger partial charge on any atom is -0.411 e. The van der Waals surface area contributed by atoms with E-state index in [2.05, 4.69) is 49.2 Å². The van der Waals surface area contributed by atoms with Crippen molar-refractivity contribution in [1.82, 2.24) is 10.2 Å². The molecule has 1 atom stereocenters. The highest BCUT2D eigenvalue weighted by Crippen LogP contribution is 2.30. The minimum absolute atomic E-state index is 0.0685. The quantitative estimate of drug-likeness (QED) is 0.427. The molecule has 0 aliphatic rings. The van der Waals surface area contributed by atoms with Crippen LogP contribution in [0.15, 0.2) is 58.2 Å². The lowest BCUT2D eigenvalue weighted by Gasteiger charge is -2.24. The van der Waals surface area contributed by atoms with Crippen LogP contribution in [0.1, 0.15) is 45.2 Å². The topological polar surface area (TPSA) is 83.0 Å². The van der Waals surface area contributed by atoms with Gasteiger partial charge in [-0.2, -0.15) is 5.26 Å². The van der Waals surface area contributed by atoms with Gasteiger partial charge in [0.2, 0.25) is 11.8 Å². The molecule has 0 spiro atoms. The predicted octanol–water partition coefficient (Wildman–Crippen LogP) is 5.77. The Hall–Kier alpha value is -3.11. The number of hydrogen-bond donors (Lipinski definition) is 0. The van der Waals surface area contributed by atoms with E-state index < -0.39 is 5.25 Å². The van der Waals surface area contributed by atoms with Gasteiger partial charge < -0.3 is 9.32 Å². The number of amides is 1. The van der Waals surface area contributed by atoms with Gasteiger partial charge in [-0.1, -0.05) is 62.4 Å². The first-order valence-corrected chi connectivity index (χ1v) is 11.4. The smallest absolute Gasteiger partial charge is 0.277 e. The Labute approximate surface area is 193 Å². The average molecular weight is 449 g/mol. The number of thioether (sulfide) groups is 1. The van der Waals surface area contributed by atoms with Gasteiger partial charge in [-0.25, -0.2) is 0 Å². The molecule has 3 rings (SSSR count). The fourth-order valence-electron chi connectivity index (χ4n) is 3.16. The summed E-state index contributed by atoms with van der Waals surface area (Å²) < 4.78 is 5.82. The molecule has 0 radical (unpaired) electrons. The maximum atomic E-state index is 13.2. The molecule has 0 aliphatic heterocycles. The zero-order valence-corrected chi connectivity index (χ0v) is 19.9. The van der Waals surface area contributed by atoms with Gasteiger partial charge in [0.25, 0.3) is 5.22 Å². The van der Waals surface area contributed by atoms with Crippen LogP contribution in [-0.2, 0) is 10.2 Å². The number of carbonyl (C=O) groups is 1. The average Bonchev–Trinajstić information content (AvgIpc) is 3.23. The van der Waals surface area contributed by atoms with E-state index in [1.807, 2.05) is 50.2 Å². The van der Waals surface area contributed by atoms with Crippen LogP contribution in [0.25, 0.3) is 11.5 Å². The van der Waals surface area contributed by atoms with Crippen molar-refractivity contribution in [1.29, 1.82) is 5.26 Å². The van der Waals surface area contributed by atoms with Crippen molar-refractivity contribution in [3.05, 3.63) is 59.7 Å². The molecular formula is C25H28N4O2S. The van der Waals surface area contributed by atoms with Gasteiger partial charge in [0.05, 0.1) is 17.7 Å². The lowest BCUT2D eigenvalue weighted by Crippen LogP contribution is -2.37. The first kappa shape index (κ1) is 23.6. The SMILES string of the molecule is Cc1ccc(N(CCC#N)C(=O)C(C)Sc2nnc(-c3ccc(C(C)(C)C)cc3)o2)cc1. The molecule has 32 heavy (non-hydrogen) atoms. The van der Waals surface area contributed by atoms with Gasteiger partial charge in [0.15, 0.2) is 0 Å². The molecular weight excluding hydrogens is 420 g/mol. The van der Waals surface area contributed by atoms with E-state index in [1.54, 1.807) is 4.90 Å². The third kappa shape index (κ3) is 5.77. The van der Waals surface area contributed by atoms with Crippen molar-refractivity contribution < 1.29 is 9.21 Å². The van der Waals surface area contributed by atoms with Crippen LogP contribution >= 0.6 is 11.8 Å². The molecule has 1 amide bonds. The Morgan fingerprint density at radius 3 is 2.38 bits per heavy atom. The number of carbonyl (C=O) groups excluding carboxylic acids is 1. The summed E-state index contributed by atoms with van der Waals surface area (Å²) in [5.41, 5.74) is 4.01. The van der Waals surface area contributed by atoms with Crippen LogP contribution in [0.2, 0.25) is 0 Å². The van der Waals surface area contributed by atoms with Crippen LogP contribution in [-0.4, -0.2) is 27.9 Å². The molecule has 1 heterocycles. The van der Waals surface area contributed by atoms with E-state index >= 15 is 0 Å². The van der Waals surface area contributed by atoms with Crippen molar-refractivity contribution in [2.45, 2.75) is 56.9 Å². The van der Waals surface area contributed by atoms with Gasteiger partial charge in [-0.15, -0.1) is 10.2 Å². The zero-order chi connectivity index (χ0) is 23.3. The van der Waals surface area contributed by atoms with E-state index in [1.165, 1.54) is 17.3 Å². The summed E-state index contributed by atoms with van der Waals surface area (Å²) >= 11 is 1.22. The molecule has 2 aromatic carbocycles. The van der Waals surface area contributed by atoms with E-state index in [0.29, 0.717) is 17.7 Å². The van der Waals surface area contributed by atoms with Gasteiger partial charge in [-0.05, 0) is 49.1 Å². The van der Waals surface area contributed by atoms with Gasteiger partial charge >= 0.3 is 0 Å². The van der Waals surface area contributed by atoms with E-state index in [0.717, 1.165) is 16.8 Å². The molecule has 0 bridgehead atoms. The highest BCUT2D eigenvalue weighted by Gasteiger charge is 2.25. The summed E-state index contributed by atoms with van der Waals surface area (Å²) in [6.45, 7) is 10.6. The summed E-state index contributed by atoms with van der Waals surface area (Å²) in [4.78, 5) is 14.8. The van der Waals surface area contributed by atoms with Crippen LogP contribution in [0.4, 0.5) is 5.69 Å². The maximum Gasteiger partial charge on any atom is 0.277 e. The van der Waals surface area contributed by atoms with Crippen LogP contribution in [0.5, 0.6) is 0 Å². The lowest BCUT2D eigenvalue weighted by atomic mass is 9.87. The third-order valence-corrected chi connectivity index (χ3v) is 6.01. The van der Waals surface area contributed by atoms with Gasteiger partial charge in [-0.3, -0.25) is 4.79 Å². The molecule has 0 aliphatic carbocycles. The molecule has 166 valence electrons. The number of hydrogen-bond acceptors (Lipinski definition) is 6. The fraction of sp³-hybridized carbons (Fsp3) is 0.360. The predicted molar refractivity (Wildman–Crippen MR) is 128 cm³/mol. The number of benzene rings is 2. The fourth-order valence-corrected chi connectivity index (χ4v) is 3.91. The number of aryl methyl sites for hydroxylation is 1. The molecule has 0 fully saturated rings. The second-order valence-electron chi connectivity index (χ2n) is 8.69. The second-order valence-corrected chi connectivity index (χ2v) is 9.99. The summed E-state index contributed by atoms with van der Waals surface area (Å²) in [6.07, 6.45) is 0.256. The van der Waals surface area contributed by atoms with Crippen molar-refractivity contribution in [2.24, 2.45) is 0 Å². The molecule has 1 aromatic heterocycles. The number of nitriles is 1. The Kier molecular flexibility index (Phi) is 7.37. The largest absolute Gasteiger partial charge is 0.411 e. The summed E-state index contributed by atoms with van der Waals surface area (Å²) in [5, 5.41) is 17.2. The first-order chi connectivity index (χ1) is 15.2. The van der Waals surface area contributed by atoms with Crippen LogP contribution in [0, 0.1) is 18.3 Å². The number of rotatable bonds is 7. The second kappa shape index (κ2) is 10.0. The lowest BCUT2D eigenvalue weighted by molar-refractivity contribution is -0.117. The Balaban J connectivity index is 1.72. The van der Waals surface area contributed by atoms with E-state index in [9.17, 15) is 4.79 Å². The Bertz CT molecular complexity index is 1090. The molecule has 1 unspecified atom stereocenters. The summed E-state index contributed by atoms with van der Waals surface area (Å²) in [5.74, 6) is 0.316. The zero-order valence-electron chi connectivity index (χ0n) is 19.1. The monoisotopic (exact) mass is 448 g/mol. The molecule has 0 N–H and O–H groups in total.